The lowest BCUT2D eigenvalue weighted by Gasteiger charge is -2.30. The van der Waals surface area contributed by atoms with Gasteiger partial charge in [-0.15, -0.1) is 11.6 Å². The summed E-state index contributed by atoms with van der Waals surface area (Å²) in [6, 6.07) is 6.96. The number of alkyl halides is 1. The fourth-order valence-corrected chi connectivity index (χ4v) is 2.94. The molecule has 0 fully saturated rings. The summed E-state index contributed by atoms with van der Waals surface area (Å²) in [7, 11) is 0. The Morgan fingerprint density at radius 2 is 1.94 bits per heavy atom. The van der Waals surface area contributed by atoms with Crippen LogP contribution in [0, 0.1) is 0 Å². The van der Waals surface area contributed by atoms with Gasteiger partial charge < -0.3 is 0 Å². The van der Waals surface area contributed by atoms with Crippen molar-refractivity contribution in [3.63, 3.8) is 0 Å². The van der Waals surface area contributed by atoms with Crippen LogP contribution in [-0.2, 0) is 5.41 Å². The topological polar surface area (TPSA) is 0 Å². The van der Waals surface area contributed by atoms with E-state index in [1.807, 2.05) is 0 Å². The maximum atomic E-state index is 6.48. The molecule has 17 heavy (non-hydrogen) atoms. The van der Waals surface area contributed by atoms with Crippen molar-refractivity contribution >= 4 is 11.6 Å². The average Bonchev–Trinajstić information content (AvgIpc) is 2.33. The van der Waals surface area contributed by atoms with Gasteiger partial charge >= 0.3 is 0 Å². The van der Waals surface area contributed by atoms with Crippen LogP contribution in [0.4, 0.5) is 0 Å². The molecule has 1 aliphatic carbocycles. The summed E-state index contributed by atoms with van der Waals surface area (Å²) in [5, 5.41) is 0.216. The van der Waals surface area contributed by atoms with Crippen LogP contribution in [0.25, 0.3) is 0 Å². The van der Waals surface area contributed by atoms with Crippen molar-refractivity contribution in [3.8, 4) is 0 Å². The summed E-state index contributed by atoms with van der Waals surface area (Å²) in [6.07, 6.45) is 3.50. The number of benzene rings is 1. The molecule has 1 aliphatic rings. The minimum absolute atomic E-state index is 0.216. The molecule has 0 spiro atoms. The Hall–Kier alpha value is -0.490. The van der Waals surface area contributed by atoms with Crippen LogP contribution in [0.1, 0.15) is 74.9 Å². The Morgan fingerprint density at radius 3 is 2.59 bits per heavy atom. The van der Waals surface area contributed by atoms with Crippen molar-refractivity contribution in [2.24, 2.45) is 0 Å². The Morgan fingerprint density at radius 1 is 1.24 bits per heavy atom. The zero-order valence-corrected chi connectivity index (χ0v) is 12.1. The van der Waals surface area contributed by atoms with Gasteiger partial charge in [0.1, 0.15) is 0 Å². The summed E-state index contributed by atoms with van der Waals surface area (Å²) in [4.78, 5) is 0. The molecule has 1 heteroatoms. The smallest absolute Gasteiger partial charge is 0.0588 e. The maximum Gasteiger partial charge on any atom is 0.0588 e. The molecular formula is C16H23Cl. The number of halogens is 1. The van der Waals surface area contributed by atoms with E-state index >= 15 is 0 Å². The predicted octanol–water partition coefficient (Wildman–Crippen LogP) is 5.55. The molecule has 2 atom stereocenters. The van der Waals surface area contributed by atoms with Gasteiger partial charge in [0.05, 0.1) is 5.38 Å². The van der Waals surface area contributed by atoms with E-state index < -0.39 is 0 Å². The lowest BCUT2D eigenvalue weighted by atomic mass is 9.77. The maximum absolute atomic E-state index is 6.48. The van der Waals surface area contributed by atoms with E-state index in [1.165, 1.54) is 23.1 Å². The summed E-state index contributed by atoms with van der Waals surface area (Å²) in [5.41, 5.74) is 4.53. The first-order chi connectivity index (χ1) is 7.95. The predicted molar refractivity (Wildman–Crippen MR) is 76.0 cm³/mol. The van der Waals surface area contributed by atoms with Crippen LogP contribution in [-0.4, -0.2) is 0 Å². The molecule has 0 heterocycles. The molecule has 0 saturated heterocycles. The second-order valence-electron chi connectivity index (χ2n) is 6.03. The first kappa shape index (κ1) is 13.0. The molecule has 0 radical (unpaired) electrons. The van der Waals surface area contributed by atoms with Crippen molar-refractivity contribution < 1.29 is 0 Å². The van der Waals surface area contributed by atoms with Crippen molar-refractivity contribution in [1.29, 1.82) is 0 Å². The molecule has 0 amide bonds. The van der Waals surface area contributed by atoms with Crippen LogP contribution in [0.2, 0.25) is 0 Å². The van der Waals surface area contributed by atoms with Crippen molar-refractivity contribution in [2.75, 3.05) is 0 Å². The highest BCUT2D eigenvalue weighted by Crippen LogP contribution is 2.42. The number of hydrogen-bond acceptors (Lipinski definition) is 0. The van der Waals surface area contributed by atoms with Gasteiger partial charge in [0.15, 0.2) is 0 Å². The monoisotopic (exact) mass is 250 g/mol. The molecule has 94 valence electrons. The van der Waals surface area contributed by atoms with Crippen LogP contribution in [0.3, 0.4) is 0 Å². The van der Waals surface area contributed by atoms with Gasteiger partial charge in [-0.2, -0.15) is 0 Å². The summed E-state index contributed by atoms with van der Waals surface area (Å²) < 4.78 is 0. The second kappa shape index (κ2) is 4.65. The van der Waals surface area contributed by atoms with Gasteiger partial charge in [-0.25, -0.2) is 0 Å². The summed E-state index contributed by atoms with van der Waals surface area (Å²) in [6.45, 7) is 9.18. The van der Waals surface area contributed by atoms with E-state index in [0.717, 1.165) is 12.8 Å². The number of fused-ring (bicyclic) bond motifs is 1. The first-order valence-electron chi connectivity index (χ1n) is 6.74. The molecule has 0 nitrogen and oxygen atoms in total. The highest BCUT2D eigenvalue weighted by atomic mass is 35.5. The highest BCUT2D eigenvalue weighted by Gasteiger charge is 2.26. The van der Waals surface area contributed by atoms with E-state index in [-0.39, 0.29) is 10.8 Å². The van der Waals surface area contributed by atoms with Crippen molar-refractivity contribution in [3.05, 3.63) is 34.9 Å². The first-order valence-corrected chi connectivity index (χ1v) is 7.17. The van der Waals surface area contributed by atoms with Crippen LogP contribution in [0.5, 0.6) is 0 Å². The van der Waals surface area contributed by atoms with E-state index in [4.69, 9.17) is 11.6 Å². The van der Waals surface area contributed by atoms with E-state index in [0.29, 0.717) is 5.92 Å². The molecule has 0 N–H and O–H groups in total. The SMILES string of the molecule is CCC(C)(C)c1ccc2c(c1)C(Cl)CCC2C. The third-order valence-electron chi connectivity index (χ3n) is 4.47. The van der Waals surface area contributed by atoms with E-state index in [9.17, 15) is 0 Å². The minimum atomic E-state index is 0.216. The van der Waals surface area contributed by atoms with Gasteiger partial charge in [0, 0.05) is 0 Å². The highest BCUT2D eigenvalue weighted by molar-refractivity contribution is 6.21. The normalized spacial score (nSPS) is 24.5. The Kier molecular flexibility index (Phi) is 3.54. The number of rotatable bonds is 2. The lowest BCUT2D eigenvalue weighted by Crippen LogP contribution is -2.18. The van der Waals surface area contributed by atoms with Gasteiger partial charge in [-0.05, 0) is 47.3 Å². The lowest BCUT2D eigenvalue weighted by molar-refractivity contribution is 0.502. The number of hydrogen-bond donors (Lipinski definition) is 0. The summed E-state index contributed by atoms with van der Waals surface area (Å²) >= 11 is 6.48. The molecular weight excluding hydrogens is 228 g/mol. The molecule has 0 bridgehead atoms. The van der Waals surface area contributed by atoms with Gasteiger partial charge in [0.25, 0.3) is 0 Å². The van der Waals surface area contributed by atoms with Crippen molar-refractivity contribution in [1.82, 2.24) is 0 Å². The fourth-order valence-electron chi connectivity index (χ4n) is 2.63. The van der Waals surface area contributed by atoms with Crippen LogP contribution >= 0.6 is 11.6 Å². The molecule has 1 aromatic rings. The van der Waals surface area contributed by atoms with Gasteiger partial charge in [-0.1, -0.05) is 45.9 Å². The summed E-state index contributed by atoms with van der Waals surface area (Å²) in [5.74, 6) is 0.666. The molecule has 0 saturated carbocycles. The van der Waals surface area contributed by atoms with E-state index in [1.54, 1.807) is 0 Å². The molecule has 2 rings (SSSR count). The molecule has 1 aromatic carbocycles. The zero-order chi connectivity index (χ0) is 12.6. The quantitative estimate of drug-likeness (QED) is 0.604. The molecule has 0 aliphatic heterocycles. The van der Waals surface area contributed by atoms with Crippen LogP contribution in [0.15, 0.2) is 18.2 Å². The Bertz CT molecular complexity index is 406. The third kappa shape index (κ3) is 2.38. The zero-order valence-electron chi connectivity index (χ0n) is 11.4. The minimum Gasteiger partial charge on any atom is -0.118 e. The largest absolute Gasteiger partial charge is 0.118 e. The van der Waals surface area contributed by atoms with Crippen LogP contribution < -0.4 is 0 Å². The Labute approximate surface area is 110 Å². The van der Waals surface area contributed by atoms with Gasteiger partial charge in [0.2, 0.25) is 0 Å². The van der Waals surface area contributed by atoms with E-state index in [2.05, 4.69) is 45.9 Å². The fraction of sp³-hybridized carbons (Fsp3) is 0.625. The van der Waals surface area contributed by atoms with Crippen molar-refractivity contribution in [2.45, 2.75) is 63.7 Å². The standard InChI is InChI=1S/C16H23Cl/c1-5-16(3,4)12-7-8-13-11(2)6-9-15(17)14(13)10-12/h7-8,10-11,15H,5-6,9H2,1-4H3. The average molecular weight is 251 g/mol. The molecule has 2 unspecified atom stereocenters. The third-order valence-corrected chi connectivity index (χ3v) is 4.93. The molecule has 0 aromatic heterocycles. The Balaban J connectivity index is 2.46. The van der Waals surface area contributed by atoms with Gasteiger partial charge in [-0.3, -0.25) is 0 Å². The second-order valence-corrected chi connectivity index (χ2v) is 6.55.